The summed E-state index contributed by atoms with van der Waals surface area (Å²) in [5.41, 5.74) is 2.93. The quantitative estimate of drug-likeness (QED) is 0.842. The van der Waals surface area contributed by atoms with Crippen LogP contribution in [0.3, 0.4) is 0 Å². The van der Waals surface area contributed by atoms with Gasteiger partial charge in [-0.3, -0.25) is 4.79 Å². The number of likely N-dealkylation sites (tertiary alicyclic amines) is 1. The number of hydrogen-bond donors (Lipinski definition) is 0. The molecule has 1 spiro atoms. The van der Waals surface area contributed by atoms with Crippen LogP contribution < -0.4 is 4.74 Å². The number of fused-ring (bicyclic) bond motifs is 1. The second-order valence-electron chi connectivity index (χ2n) is 7.25. The summed E-state index contributed by atoms with van der Waals surface area (Å²) in [6.45, 7) is 5.26. The third-order valence-corrected chi connectivity index (χ3v) is 5.69. The van der Waals surface area contributed by atoms with Gasteiger partial charge in [0.05, 0.1) is 12.1 Å². The van der Waals surface area contributed by atoms with Gasteiger partial charge < -0.3 is 14.2 Å². The fourth-order valence-corrected chi connectivity index (χ4v) is 3.99. The van der Waals surface area contributed by atoms with Crippen molar-refractivity contribution >= 4 is 5.91 Å². The number of aromatic nitrogens is 1. The summed E-state index contributed by atoms with van der Waals surface area (Å²) in [4.78, 5) is 14.6. The molecule has 25 heavy (non-hydrogen) atoms. The highest BCUT2D eigenvalue weighted by molar-refractivity contribution is 5.79. The van der Waals surface area contributed by atoms with E-state index in [1.807, 2.05) is 24.8 Å². The van der Waals surface area contributed by atoms with Gasteiger partial charge >= 0.3 is 0 Å². The van der Waals surface area contributed by atoms with Crippen molar-refractivity contribution in [2.24, 2.45) is 0 Å². The third-order valence-electron chi connectivity index (χ3n) is 5.69. The molecule has 0 radical (unpaired) electrons. The highest BCUT2D eigenvalue weighted by Gasteiger charge is 2.40. The number of benzene rings is 1. The first-order valence-corrected chi connectivity index (χ1v) is 9.03. The number of carbonyl (C=O) groups is 1. The zero-order chi connectivity index (χ0) is 17.4. The molecule has 2 aromatic rings. The Balaban J connectivity index is 1.39. The molecule has 0 bridgehead atoms. The molecular weight excluding hydrogens is 316 g/mol. The summed E-state index contributed by atoms with van der Waals surface area (Å²) in [6, 6.07) is 8.30. The van der Waals surface area contributed by atoms with E-state index in [0.29, 0.717) is 6.42 Å². The van der Waals surface area contributed by atoms with Gasteiger partial charge in [-0.25, -0.2) is 0 Å². The van der Waals surface area contributed by atoms with E-state index in [4.69, 9.17) is 9.26 Å². The average molecular weight is 340 g/mol. The van der Waals surface area contributed by atoms with Gasteiger partial charge in [-0.2, -0.15) is 0 Å². The van der Waals surface area contributed by atoms with Crippen molar-refractivity contribution < 1.29 is 14.1 Å². The number of piperidine rings is 1. The highest BCUT2D eigenvalue weighted by atomic mass is 16.5. The lowest BCUT2D eigenvalue weighted by Gasteiger charge is -2.44. The molecule has 1 amide bonds. The molecule has 0 atom stereocenters. The number of amides is 1. The zero-order valence-corrected chi connectivity index (χ0v) is 14.9. The van der Waals surface area contributed by atoms with Crippen LogP contribution in [0.5, 0.6) is 5.75 Å². The smallest absolute Gasteiger partial charge is 0.227 e. The van der Waals surface area contributed by atoms with Crippen LogP contribution in [0.1, 0.15) is 41.8 Å². The van der Waals surface area contributed by atoms with Crippen molar-refractivity contribution in [1.29, 1.82) is 0 Å². The van der Waals surface area contributed by atoms with Crippen LogP contribution in [-0.4, -0.2) is 34.7 Å². The Kier molecular flexibility index (Phi) is 4.02. The fourth-order valence-electron chi connectivity index (χ4n) is 3.99. The average Bonchev–Trinajstić information content (AvgIpc) is 2.94. The number of para-hydroxylation sites is 1. The van der Waals surface area contributed by atoms with E-state index >= 15 is 0 Å². The summed E-state index contributed by atoms with van der Waals surface area (Å²) in [5, 5.41) is 3.94. The maximum absolute atomic E-state index is 12.7. The van der Waals surface area contributed by atoms with Crippen molar-refractivity contribution in [1.82, 2.24) is 10.1 Å². The first-order valence-electron chi connectivity index (χ1n) is 9.03. The standard InChI is InChI=1S/C20H24N2O3/c1-14-17(15(2)25-21-14)13-19(23)22-11-9-20(10-12-22)8-7-16-5-3-4-6-18(16)24-20/h3-6H,7-13H2,1-2H3. The molecular formula is C20H24N2O3. The summed E-state index contributed by atoms with van der Waals surface area (Å²) < 4.78 is 11.5. The molecule has 132 valence electrons. The number of nitrogens with zero attached hydrogens (tertiary/aromatic N) is 2. The second kappa shape index (κ2) is 6.21. The van der Waals surface area contributed by atoms with Crippen LogP contribution in [0.2, 0.25) is 0 Å². The van der Waals surface area contributed by atoms with Gasteiger partial charge in [-0.1, -0.05) is 23.4 Å². The van der Waals surface area contributed by atoms with Crippen molar-refractivity contribution in [2.45, 2.75) is 51.6 Å². The molecule has 2 aliphatic rings. The third kappa shape index (κ3) is 3.03. The molecule has 0 N–H and O–H groups in total. The molecule has 0 saturated carbocycles. The van der Waals surface area contributed by atoms with Gasteiger partial charge in [0.15, 0.2) is 0 Å². The Hall–Kier alpha value is -2.30. The molecule has 2 aliphatic heterocycles. The first kappa shape index (κ1) is 16.2. The molecule has 0 aliphatic carbocycles. The van der Waals surface area contributed by atoms with Gasteiger partial charge in [0, 0.05) is 31.5 Å². The largest absolute Gasteiger partial charge is 0.487 e. The number of carbonyl (C=O) groups excluding carboxylic acids is 1. The minimum atomic E-state index is -0.103. The van der Waals surface area contributed by atoms with E-state index in [9.17, 15) is 4.79 Å². The summed E-state index contributed by atoms with van der Waals surface area (Å²) in [7, 11) is 0. The van der Waals surface area contributed by atoms with Crippen molar-refractivity contribution in [3.63, 3.8) is 0 Å². The molecule has 4 rings (SSSR count). The minimum Gasteiger partial charge on any atom is -0.487 e. The van der Waals surface area contributed by atoms with Gasteiger partial charge in [-0.15, -0.1) is 0 Å². The SMILES string of the molecule is Cc1noc(C)c1CC(=O)N1CCC2(CCc3ccccc3O2)CC1. The zero-order valence-electron chi connectivity index (χ0n) is 14.9. The van der Waals surface area contributed by atoms with Crippen LogP contribution in [-0.2, 0) is 17.6 Å². The van der Waals surface area contributed by atoms with E-state index in [1.165, 1.54) is 5.56 Å². The van der Waals surface area contributed by atoms with E-state index in [2.05, 4.69) is 23.4 Å². The lowest BCUT2D eigenvalue weighted by Crippen LogP contribution is -2.51. The Morgan fingerprint density at radius 2 is 1.96 bits per heavy atom. The van der Waals surface area contributed by atoms with Crippen molar-refractivity contribution in [3.8, 4) is 5.75 Å². The molecule has 1 aromatic heterocycles. The van der Waals surface area contributed by atoms with Gasteiger partial charge in [0.1, 0.15) is 17.1 Å². The number of aryl methyl sites for hydroxylation is 3. The molecule has 5 nitrogen and oxygen atoms in total. The molecule has 5 heteroatoms. The Morgan fingerprint density at radius 3 is 2.68 bits per heavy atom. The maximum Gasteiger partial charge on any atom is 0.227 e. The van der Waals surface area contributed by atoms with E-state index in [0.717, 1.165) is 61.5 Å². The Bertz CT molecular complexity index is 768. The molecule has 0 unspecified atom stereocenters. The Labute approximate surface area is 147 Å². The Morgan fingerprint density at radius 1 is 1.20 bits per heavy atom. The second-order valence-corrected chi connectivity index (χ2v) is 7.25. The summed E-state index contributed by atoms with van der Waals surface area (Å²) >= 11 is 0. The normalized spacial score (nSPS) is 18.7. The monoisotopic (exact) mass is 340 g/mol. The van der Waals surface area contributed by atoms with Gasteiger partial charge in [0.2, 0.25) is 5.91 Å². The van der Waals surface area contributed by atoms with Crippen LogP contribution in [0.15, 0.2) is 28.8 Å². The van der Waals surface area contributed by atoms with Crippen LogP contribution in [0, 0.1) is 13.8 Å². The summed E-state index contributed by atoms with van der Waals surface area (Å²) in [6.07, 6.45) is 4.26. The van der Waals surface area contributed by atoms with Crippen LogP contribution in [0.25, 0.3) is 0 Å². The molecule has 3 heterocycles. The van der Waals surface area contributed by atoms with Gasteiger partial charge in [0.25, 0.3) is 0 Å². The highest BCUT2D eigenvalue weighted by Crippen LogP contribution is 2.39. The van der Waals surface area contributed by atoms with Crippen LogP contribution in [0.4, 0.5) is 0 Å². The summed E-state index contributed by atoms with van der Waals surface area (Å²) in [5.74, 6) is 1.91. The van der Waals surface area contributed by atoms with Gasteiger partial charge in [-0.05, 0) is 38.3 Å². The molecule has 1 aromatic carbocycles. The number of rotatable bonds is 2. The molecule has 1 fully saturated rings. The lowest BCUT2D eigenvalue weighted by atomic mass is 9.83. The number of ether oxygens (including phenoxy) is 1. The van der Waals surface area contributed by atoms with E-state index < -0.39 is 0 Å². The number of hydrogen-bond acceptors (Lipinski definition) is 4. The van der Waals surface area contributed by atoms with Crippen molar-refractivity contribution in [3.05, 3.63) is 46.8 Å². The van der Waals surface area contributed by atoms with E-state index in [-0.39, 0.29) is 11.5 Å². The molecule has 1 saturated heterocycles. The predicted molar refractivity (Wildman–Crippen MR) is 93.6 cm³/mol. The topological polar surface area (TPSA) is 55.6 Å². The van der Waals surface area contributed by atoms with Crippen molar-refractivity contribution in [2.75, 3.05) is 13.1 Å². The predicted octanol–water partition coefficient (Wildman–Crippen LogP) is 3.22. The lowest BCUT2D eigenvalue weighted by molar-refractivity contribution is -0.134. The van der Waals surface area contributed by atoms with E-state index in [1.54, 1.807) is 0 Å². The first-order chi connectivity index (χ1) is 12.1. The fraction of sp³-hybridized carbons (Fsp3) is 0.500. The maximum atomic E-state index is 12.7. The van der Waals surface area contributed by atoms with Crippen LogP contribution >= 0.6 is 0 Å². The minimum absolute atomic E-state index is 0.103.